The normalized spacial score (nSPS) is 51.6. The fourth-order valence-electron chi connectivity index (χ4n) is 9.05. The van der Waals surface area contributed by atoms with Crippen LogP contribution in [-0.2, 0) is 4.74 Å². The van der Waals surface area contributed by atoms with Gasteiger partial charge in [0.2, 0.25) is 0 Å². The molecule has 5 aliphatic rings. The zero-order valence-corrected chi connectivity index (χ0v) is 19.5. The molecule has 1 saturated heterocycles. The van der Waals surface area contributed by atoms with Gasteiger partial charge in [0, 0.05) is 5.92 Å². The topological polar surface area (TPSA) is 32.8 Å². The number of epoxide rings is 1. The maximum absolute atomic E-state index is 10.3. The Hall–Kier alpha value is -0.340. The van der Waals surface area contributed by atoms with Gasteiger partial charge in [-0.2, -0.15) is 0 Å². The molecule has 1 spiro atoms. The Morgan fingerprint density at radius 3 is 2.59 bits per heavy atom. The van der Waals surface area contributed by atoms with Crippen molar-refractivity contribution in [1.29, 1.82) is 0 Å². The van der Waals surface area contributed by atoms with Crippen molar-refractivity contribution in [2.75, 3.05) is 0 Å². The van der Waals surface area contributed by atoms with Gasteiger partial charge < -0.3 is 9.84 Å². The van der Waals surface area contributed by atoms with Crippen molar-refractivity contribution in [2.45, 2.75) is 117 Å². The summed E-state index contributed by atoms with van der Waals surface area (Å²) < 4.78 is 6.72. The number of hydrogen-bond acceptors (Lipinski definition) is 2. The summed E-state index contributed by atoms with van der Waals surface area (Å²) in [6.07, 6.45) is 15.4. The highest BCUT2D eigenvalue weighted by Crippen LogP contribution is 2.74. The molecule has 1 N–H and O–H groups in total. The highest BCUT2D eigenvalue weighted by Gasteiger charge is 2.76. The van der Waals surface area contributed by atoms with E-state index in [0.29, 0.717) is 17.4 Å². The summed E-state index contributed by atoms with van der Waals surface area (Å²) in [5, 5.41) is 10.3. The Labute approximate surface area is 178 Å². The number of hydrogen-bond donors (Lipinski definition) is 1. The molecule has 164 valence electrons. The van der Waals surface area contributed by atoms with Crippen molar-refractivity contribution in [3.63, 3.8) is 0 Å². The molecular formula is C27H44O2. The lowest BCUT2D eigenvalue weighted by molar-refractivity contribution is -0.0694. The van der Waals surface area contributed by atoms with E-state index >= 15 is 0 Å². The third-order valence-electron chi connectivity index (χ3n) is 10.6. The summed E-state index contributed by atoms with van der Waals surface area (Å²) in [4.78, 5) is 0. The fourth-order valence-corrected chi connectivity index (χ4v) is 9.05. The number of aliphatic hydroxyl groups is 1. The molecule has 1 heterocycles. The average molecular weight is 401 g/mol. The van der Waals surface area contributed by atoms with Crippen molar-refractivity contribution < 1.29 is 9.84 Å². The first-order chi connectivity index (χ1) is 13.7. The molecule has 2 heteroatoms. The van der Waals surface area contributed by atoms with Crippen molar-refractivity contribution >= 4 is 0 Å². The van der Waals surface area contributed by atoms with Gasteiger partial charge in [0.25, 0.3) is 0 Å². The summed E-state index contributed by atoms with van der Waals surface area (Å²) in [5.74, 6) is 4.00. The van der Waals surface area contributed by atoms with E-state index in [4.69, 9.17) is 4.74 Å². The highest BCUT2D eigenvalue weighted by molar-refractivity contribution is 5.38. The molecule has 4 aliphatic carbocycles. The number of fused-ring (bicyclic) bond motifs is 3. The Kier molecular flexibility index (Phi) is 4.84. The van der Waals surface area contributed by atoms with Gasteiger partial charge in [0.05, 0.1) is 6.10 Å². The zero-order chi connectivity index (χ0) is 20.6. The minimum Gasteiger partial charge on any atom is -0.393 e. The van der Waals surface area contributed by atoms with Crippen LogP contribution in [0.15, 0.2) is 11.6 Å². The lowest BCUT2D eigenvalue weighted by Gasteiger charge is -2.57. The van der Waals surface area contributed by atoms with Gasteiger partial charge in [-0.05, 0) is 79.4 Å². The standard InChI is InChI=1S/C27H44O2/c1-17(2)7-6-8-18(3)21-9-10-22-26(21,5)14-12-23-25(4)13-11-20(28)15-19(25)16-24-27(22,23)29-24/h16-18,20-24,28H,6-15H2,1-5H3/t18?,20-,21?,22?,23?,24?,25?,26?,27?/m0/s1. The molecule has 1 aliphatic heterocycles. The second-order valence-electron chi connectivity index (χ2n) is 12.5. The van der Waals surface area contributed by atoms with E-state index in [0.717, 1.165) is 42.9 Å². The lowest BCUT2D eigenvalue weighted by Crippen LogP contribution is -2.56. The smallest absolute Gasteiger partial charge is 0.106 e. The van der Waals surface area contributed by atoms with Crippen molar-refractivity contribution in [1.82, 2.24) is 0 Å². The van der Waals surface area contributed by atoms with E-state index in [2.05, 4.69) is 40.7 Å². The van der Waals surface area contributed by atoms with Crippen LogP contribution in [0.1, 0.15) is 98.8 Å². The Morgan fingerprint density at radius 1 is 1.03 bits per heavy atom. The van der Waals surface area contributed by atoms with Gasteiger partial charge in [-0.1, -0.05) is 65.5 Å². The molecule has 0 radical (unpaired) electrons. The van der Waals surface area contributed by atoms with Crippen LogP contribution in [0.4, 0.5) is 0 Å². The average Bonchev–Trinajstić information content (AvgIpc) is 3.22. The van der Waals surface area contributed by atoms with E-state index in [9.17, 15) is 5.11 Å². The quantitative estimate of drug-likeness (QED) is 0.421. The van der Waals surface area contributed by atoms with Crippen molar-refractivity contribution in [3.05, 3.63) is 11.6 Å². The van der Waals surface area contributed by atoms with Crippen molar-refractivity contribution in [2.24, 2.45) is 40.4 Å². The van der Waals surface area contributed by atoms with Crippen LogP contribution in [-0.4, -0.2) is 22.9 Å². The molecule has 8 unspecified atom stereocenters. The molecule has 2 nitrogen and oxygen atoms in total. The van der Waals surface area contributed by atoms with Crippen LogP contribution >= 0.6 is 0 Å². The maximum atomic E-state index is 10.3. The van der Waals surface area contributed by atoms with Gasteiger partial charge in [-0.25, -0.2) is 0 Å². The van der Waals surface area contributed by atoms with Crippen LogP contribution in [0.3, 0.4) is 0 Å². The summed E-state index contributed by atoms with van der Waals surface area (Å²) in [5.41, 5.74) is 2.41. The summed E-state index contributed by atoms with van der Waals surface area (Å²) >= 11 is 0. The molecular weight excluding hydrogens is 356 g/mol. The second kappa shape index (κ2) is 6.83. The molecule has 0 aromatic rings. The van der Waals surface area contributed by atoms with E-state index in [-0.39, 0.29) is 17.1 Å². The second-order valence-corrected chi connectivity index (χ2v) is 12.5. The lowest BCUT2D eigenvalue weighted by atomic mass is 9.46. The molecule has 0 bridgehead atoms. The van der Waals surface area contributed by atoms with Gasteiger partial charge >= 0.3 is 0 Å². The van der Waals surface area contributed by atoms with E-state index < -0.39 is 0 Å². The first-order valence-electron chi connectivity index (χ1n) is 12.8. The Bertz CT molecular complexity index is 682. The molecule has 0 amide bonds. The van der Waals surface area contributed by atoms with Crippen LogP contribution in [0, 0.1) is 40.4 Å². The third kappa shape index (κ3) is 2.87. The van der Waals surface area contributed by atoms with Gasteiger partial charge in [-0.3, -0.25) is 0 Å². The van der Waals surface area contributed by atoms with E-state index in [1.54, 1.807) is 0 Å². The molecule has 0 aromatic heterocycles. The fraction of sp³-hybridized carbons (Fsp3) is 0.926. The Balaban J connectivity index is 1.38. The summed E-state index contributed by atoms with van der Waals surface area (Å²) in [6, 6.07) is 0. The zero-order valence-electron chi connectivity index (χ0n) is 19.5. The largest absolute Gasteiger partial charge is 0.393 e. The molecule has 9 atom stereocenters. The van der Waals surface area contributed by atoms with Crippen molar-refractivity contribution in [3.8, 4) is 0 Å². The van der Waals surface area contributed by atoms with Gasteiger partial charge in [-0.15, -0.1) is 0 Å². The Morgan fingerprint density at radius 2 is 1.83 bits per heavy atom. The number of rotatable bonds is 5. The summed E-state index contributed by atoms with van der Waals surface area (Å²) in [6.45, 7) is 12.4. The monoisotopic (exact) mass is 400 g/mol. The molecule has 0 aromatic carbocycles. The SMILES string of the molecule is CC(C)CCCC(C)C1CCC2C1(C)CCC1C3(C)CC[C@H](O)CC3=CC3OC312. The predicted octanol–water partition coefficient (Wildman–Crippen LogP) is 6.52. The molecule has 29 heavy (non-hydrogen) atoms. The predicted molar refractivity (Wildman–Crippen MR) is 119 cm³/mol. The number of aliphatic hydroxyl groups excluding tert-OH is 1. The summed E-state index contributed by atoms with van der Waals surface area (Å²) in [7, 11) is 0. The van der Waals surface area contributed by atoms with E-state index in [1.165, 1.54) is 50.5 Å². The highest BCUT2D eigenvalue weighted by atomic mass is 16.6. The van der Waals surface area contributed by atoms with Crippen LogP contribution in [0.5, 0.6) is 0 Å². The molecule has 4 fully saturated rings. The maximum Gasteiger partial charge on any atom is 0.106 e. The first kappa shape index (κ1) is 20.6. The van der Waals surface area contributed by atoms with Crippen LogP contribution in [0.25, 0.3) is 0 Å². The van der Waals surface area contributed by atoms with Crippen LogP contribution in [0.2, 0.25) is 0 Å². The van der Waals surface area contributed by atoms with Gasteiger partial charge in [0.15, 0.2) is 0 Å². The number of ether oxygens (including phenoxy) is 1. The molecule has 5 rings (SSSR count). The van der Waals surface area contributed by atoms with E-state index in [1.807, 2.05) is 0 Å². The van der Waals surface area contributed by atoms with Gasteiger partial charge in [0.1, 0.15) is 11.7 Å². The minimum absolute atomic E-state index is 0.128. The third-order valence-corrected chi connectivity index (χ3v) is 10.6. The first-order valence-corrected chi connectivity index (χ1v) is 12.8. The molecule has 3 saturated carbocycles. The minimum atomic E-state index is -0.128. The van der Waals surface area contributed by atoms with Crippen LogP contribution < -0.4 is 0 Å².